The average molecular weight is 329 g/mol. The Morgan fingerprint density at radius 3 is 2.55 bits per heavy atom. The van der Waals surface area contributed by atoms with Crippen LogP contribution in [0, 0.1) is 0 Å². The first kappa shape index (κ1) is 13.7. The first-order chi connectivity index (χ1) is 9.47. The SMILES string of the molecule is O=S1(=O)NC(c2ccc(Cl)cc2Cl)Nc2ccccc21. The summed E-state index contributed by atoms with van der Waals surface area (Å²) in [5.74, 6) is 0. The Hall–Kier alpha value is -1.27. The monoisotopic (exact) mass is 328 g/mol. The number of rotatable bonds is 1. The molecule has 1 heterocycles. The molecule has 3 rings (SSSR count). The summed E-state index contributed by atoms with van der Waals surface area (Å²) in [5.41, 5.74) is 1.16. The van der Waals surface area contributed by atoms with Gasteiger partial charge in [0.1, 0.15) is 11.1 Å². The molecule has 7 heteroatoms. The number of anilines is 1. The highest BCUT2D eigenvalue weighted by atomic mass is 35.5. The molecule has 20 heavy (non-hydrogen) atoms. The van der Waals surface area contributed by atoms with Crippen LogP contribution in [0.25, 0.3) is 0 Å². The van der Waals surface area contributed by atoms with Crippen LogP contribution < -0.4 is 10.0 Å². The van der Waals surface area contributed by atoms with Crippen molar-refractivity contribution in [1.29, 1.82) is 0 Å². The number of fused-ring (bicyclic) bond motifs is 1. The quantitative estimate of drug-likeness (QED) is 0.843. The van der Waals surface area contributed by atoms with E-state index in [2.05, 4.69) is 10.0 Å². The number of benzene rings is 2. The minimum Gasteiger partial charge on any atom is -0.364 e. The van der Waals surface area contributed by atoms with Gasteiger partial charge in [-0.25, -0.2) is 8.42 Å². The first-order valence-corrected chi connectivity index (χ1v) is 8.04. The summed E-state index contributed by atoms with van der Waals surface area (Å²) in [6.07, 6.45) is -0.625. The molecule has 4 nitrogen and oxygen atoms in total. The minimum absolute atomic E-state index is 0.223. The second-order valence-electron chi connectivity index (χ2n) is 4.36. The molecule has 2 aromatic rings. The van der Waals surface area contributed by atoms with Gasteiger partial charge in [-0.2, -0.15) is 4.72 Å². The maximum absolute atomic E-state index is 12.2. The third kappa shape index (κ3) is 2.38. The fourth-order valence-corrected chi connectivity index (χ4v) is 3.92. The van der Waals surface area contributed by atoms with Gasteiger partial charge in [0.2, 0.25) is 10.0 Å². The molecule has 0 amide bonds. The number of halogens is 2. The molecule has 0 fully saturated rings. The van der Waals surface area contributed by atoms with Gasteiger partial charge < -0.3 is 5.32 Å². The molecule has 0 bridgehead atoms. The summed E-state index contributed by atoms with van der Waals surface area (Å²) in [4.78, 5) is 0.223. The van der Waals surface area contributed by atoms with Gasteiger partial charge in [-0.15, -0.1) is 0 Å². The highest BCUT2D eigenvalue weighted by Crippen LogP contribution is 2.34. The fraction of sp³-hybridized carbons (Fsp3) is 0.0769. The highest BCUT2D eigenvalue weighted by Gasteiger charge is 2.30. The molecule has 2 aromatic carbocycles. The Bertz CT molecular complexity index is 778. The van der Waals surface area contributed by atoms with Crippen LogP contribution in [-0.4, -0.2) is 8.42 Å². The fourth-order valence-electron chi connectivity index (χ4n) is 2.10. The average Bonchev–Trinajstić information content (AvgIpc) is 2.38. The number of hydrogen-bond donors (Lipinski definition) is 2. The zero-order valence-electron chi connectivity index (χ0n) is 10.1. The van der Waals surface area contributed by atoms with Crippen molar-refractivity contribution in [3.8, 4) is 0 Å². The van der Waals surface area contributed by atoms with Gasteiger partial charge in [0.05, 0.1) is 5.69 Å². The summed E-state index contributed by atoms with van der Waals surface area (Å²) in [5, 5.41) is 4.01. The lowest BCUT2D eigenvalue weighted by Gasteiger charge is -2.28. The largest absolute Gasteiger partial charge is 0.364 e. The number of sulfonamides is 1. The topological polar surface area (TPSA) is 58.2 Å². The van der Waals surface area contributed by atoms with Gasteiger partial charge in [-0.1, -0.05) is 41.4 Å². The maximum atomic E-state index is 12.2. The second kappa shape index (κ2) is 4.93. The molecular formula is C13H10Cl2N2O2S. The Morgan fingerprint density at radius 2 is 1.80 bits per heavy atom. The highest BCUT2D eigenvalue weighted by molar-refractivity contribution is 7.89. The smallest absolute Gasteiger partial charge is 0.244 e. The molecule has 0 saturated heterocycles. The van der Waals surface area contributed by atoms with Crippen LogP contribution in [0.5, 0.6) is 0 Å². The van der Waals surface area contributed by atoms with Crippen molar-refractivity contribution in [2.24, 2.45) is 0 Å². The van der Waals surface area contributed by atoms with Crippen LogP contribution in [0.2, 0.25) is 10.0 Å². The molecule has 0 radical (unpaired) electrons. The van der Waals surface area contributed by atoms with Crippen molar-refractivity contribution in [2.45, 2.75) is 11.1 Å². The van der Waals surface area contributed by atoms with E-state index < -0.39 is 16.2 Å². The van der Waals surface area contributed by atoms with Crippen LogP contribution in [0.4, 0.5) is 5.69 Å². The molecule has 0 aliphatic carbocycles. The zero-order chi connectivity index (χ0) is 14.3. The molecule has 1 atom stereocenters. The van der Waals surface area contributed by atoms with Gasteiger partial charge in [0.25, 0.3) is 0 Å². The molecule has 0 aromatic heterocycles. The van der Waals surface area contributed by atoms with Crippen LogP contribution in [0.15, 0.2) is 47.4 Å². The van der Waals surface area contributed by atoms with Crippen LogP contribution >= 0.6 is 23.2 Å². The Kier molecular flexibility index (Phi) is 3.38. The molecular weight excluding hydrogens is 319 g/mol. The van der Waals surface area contributed by atoms with Crippen LogP contribution in [-0.2, 0) is 10.0 Å². The Labute approximate surface area is 126 Å². The van der Waals surface area contributed by atoms with E-state index in [9.17, 15) is 8.42 Å². The van der Waals surface area contributed by atoms with E-state index in [0.29, 0.717) is 21.3 Å². The van der Waals surface area contributed by atoms with E-state index in [1.165, 1.54) is 0 Å². The van der Waals surface area contributed by atoms with Gasteiger partial charge >= 0.3 is 0 Å². The number of nitrogens with one attached hydrogen (secondary N) is 2. The summed E-state index contributed by atoms with van der Waals surface area (Å²) < 4.78 is 27.0. The predicted octanol–water partition coefficient (Wildman–Crippen LogP) is 3.40. The van der Waals surface area contributed by atoms with Crippen molar-refractivity contribution >= 4 is 38.9 Å². The minimum atomic E-state index is -3.57. The molecule has 2 N–H and O–H groups in total. The normalized spacial score (nSPS) is 20.0. The third-order valence-corrected chi connectivity index (χ3v) is 5.07. The predicted molar refractivity (Wildman–Crippen MR) is 79.6 cm³/mol. The van der Waals surface area contributed by atoms with Crippen LogP contribution in [0.3, 0.4) is 0 Å². The van der Waals surface area contributed by atoms with E-state index in [0.717, 1.165) is 0 Å². The first-order valence-electron chi connectivity index (χ1n) is 5.80. The third-order valence-electron chi connectivity index (χ3n) is 3.02. The van der Waals surface area contributed by atoms with Crippen molar-refractivity contribution in [3.05, 3.63) is 58.1 Å². The maximum Gasteiger partial charge on any atom is 0.244 e. The summed E-state index contributed by atoms with van der Waals surface area (Å²) in [7, 11) is -3.57. The van der Waals surface area contributed by atoms with E-state index in [1.807, 2.05) is 0 Å². The molecule has 104 valence electrons. The molecule has 1 unspecified atom stereocenters. The van der Waals surface area contributed by atoms with Gasteiger partial charge in [0, 0.05) is 15.6 Å². The number of para-hydroxylation sites is 1. The Morgan fingerprint density at radius 1 is 1.05 bits per heavy atom. The standard InChI is InChI=1S/C13H10Cl2N2O2S/c14-8-5-6-9(10(15)7-8)13-16-11-3-1-2-4-12(11)20(18,19)17-13/h1-7,13,16-17H. The van der Waals surface area contributed by atoms with E-state index in [-0.39, 0.29) is 4.90 Å². The van der Waals surface area contributed by atoms with Crippen molar-refractivity contribution in [2.75, 3.05) is 5.32 Å². The lowest BCUT2D eigenvalue weighted by atomic mass is 10.1. The van der Waals surface area contributed by atoms with Crippen LogP contribution in [0.1, 0.15) is 11.7 Å². The zero-order valence-corrected chi connectivity index (χ0v) is 12.4. The Balaban J connectivity index is 2.07. The van der Waals surface area contributed by atoms with Gasteiger partial charge in [-0.3, -0.25) is 0 Å². The lowest BCUT2D eigenvalue weighted by Crippen LogP contribution is -2.38. The van der Waals surface area contributed by atoms with Crippen molar-refractivity contribution < 1.29 is 8.42 Å². The molecule has 1 aliphatic heterocycles. The number of hydrogen-bond acceptors (Lipinski definition) is 3. The molecule has 1 aliphatic rings. The van der Waals surface area contributed by atoms with E-state index >= 15 is 0 Å². The van der Waals surface area contributed by atoms with Crippen molar-refractivity contribution in [3.63, 3.8) is 0 Å². The summed E-state index contributed by atoms with van der Waals surface area (Å²) >= 11 is 12.0. The summed E-state index contributed by atoms with van der Waals surface area (Å²) in [6, 6.07) is 11.6. The van der Waals surface area contributed by atoms with E-state index in [1.54, 1.807) is 42.5 Å². The summed E-state index contributed by atoms with van der Waals surface area (Å²) in [6.45, 7) is 0. The van der Waals surface area contributed by atoms with Crippen molar-refractivity contribution in [1.82, 2.24) is 4.72 Å². The second-order valence-corrected chi connectivity index (χ2v) is 6.89. The van der Waals surface area contributed by atoms with Gasteiger partial charge in [-0.05, 0) is 24.3 Å². The lowest BCUT2D eigenvalue weighted by molar-refractivity contribution is 0.562. The molecule has 0 spiro atoms. The molecule has 0 saturated carbocycles. The van der Waals surface area contributed by atoms with E-state index in [4.69, 9.17) is 23.2 Å². The van der Waals surface area contributed by atoms with Gasteiger partial charge in [0.15, 0.2) is 0 Å².